The lowest BCUT2D eigenvalue weighted by Crippen LogP contribution is -2.38. The summed E-state index contributed by atoms with van der Waals surface area (Å²) in [6, 6.07) is 0. The second-order valence-electron chi connectivity index (χ2n) is 4.59. The highest BCUT2D eigenvalue weighted by Gasteiger charge is 2.35. The Labute approximate surface area is 101 Å². The Morgan fingerprint density at radius 2 is 1.88 bits per heavy atom. The summed E-state index contributed by atoms with van der Waals surface area (Å²) in [5.74, 6) is -1.34. The van der Waals surface area contributed by atoms with E-state index in [-0.39, 0.29) is 24.3 Å². The van der Waals surface area contributed by atoms with Gasteiger partial charge in [0.1, 0.15) is 0 Å². The van der Waals surface area contributed by atoms with E-state index in [1.807, 2.05) is 6.92 Å². The molecule has 1 amide bonds. The first-order valence-electron chi connectivity index (χ1n) is 6.22. The molecule has 1 fully saturated rings. The summed E-state index contributed by atoms with van der Waals surface area (Å²) in [5, 5.41) is 17.8. The molecule has 1 saturated carbocycles. The number of hydrogen-bond acceptors (Lipinski definition) is 3. The zero-order valence-electron chi connectivity index (χ0n) is 10.3. The average molecular weight is 243 g/mol. The van der Waals surface area contributed by atoms with E-state index < -0.39 is 5.97 Å². The van der Waals surface area contributed by atoms with Crippen LogP contribution in [0.25, 0.3) is 0 Å². The first-order chi connectivity index (χ1) is 8.10. The number of hydrogen-bond donors (Lipinski definition) is 2. The molecule has 0 saturated heterocycles. The van der Waals surface area contributed by atoms with Gasteiger partial charge in [0.05, 0.1) is 12.5 Å². The molecule has 5 nitrogen and oxygen atoms in total. The predicted molar refractivity (Wildman–Crippen MR) is 62.4 cm³/mol. The van der Waals surface area contributed by atoms with Crippen molar-refractivity contribution in [1.29, 1.82) is 0 Å². The summed E-state index contributed by atoms with van der Waals surface area (Å²) in [6.07, 6.45) is 2.53. The van der Waals surface area contributed by atoms with Gasteiger partial charge in [-0.2, -0.15) is 0 Å². The van der Waals surface area contributed by atoms with E-state index in [9.17, 15) is 9.59 Å². The number of aliphatic hydroxyl groups is 1. The number of amides is 1. The molecule has 0 aromatic rings. The Kier molecular flexibility index (Phi) is 5.41. The molecule has 1 aliphatic rings. The molecule has 1 rings (SSSR count). The number of carbonyl (C=O) groups is 2. The molecule has 0 aromatic heterocycles. The van der Waals surface area contributed by atoms with Crippen molar-refractivity contribution in [2.24, 2.45) is 11.8 Å². The van der Waals surface area contributed by atoms with Crippen molar-refractivity contribution < 1.29 is 19.8 Å². The average Bonchev–Trinajstić information content (AvgIpc) is 2.77. The second-order valence-corrected chi connectivity index (χ2v) is 4.59. The lowest BCUT2D eigenvalue weighted by Gasteiger charge is -2.24. The fraction of sp³-hybridized carbons (Fsp3) is 0.833. The fourth-order valence-corrected chi connectivity index (χ4v) is 2.41. The van der Waals surface area contributed by atoms with E-state index in [4.69, 9.17) is 10.2 Å². The maximum Gasteiger partial charge on any atom is 0.306 e. The number of aliphatic carboxylic acids is 1. The number of carbonyl (C=O) groups excluding carboxylic acids is 1. The zero-order valence-corrected chi connectivity index (χ0v) is 10.3. The van der Waals surface area contributed by atoms with Crippen LogP contribution in [0.4, 0.5) is 0 Å². The molecule has 0 bridgehead atoms. The molecule has 98 valence electrons. The van der Waals surface area contributed by atoms with E-state index in [0.29, 0.717) is 32.4 Å². The topological polar surface area (TPSA) is 77.8 Å². The highest BCUT2D eigenvalue weighted by Crippen LogP contribution is 2.32. The van der Waals surface area contributed by atoms with Crippen LogP contribution in [0.2, 0.25) is 0 Å². The fourth-order valence-electron chi connectivity index (χ4n) is 2.41. The molecule has 2 N–H and O–H groups in total. The summed E-state index contributed by atoms with van der Waals surface area (Å²) in [4.78, 5) is 24.6. The van der Waals surface area contributed by atoms with E-state index in [1.165, 1.54) is 0 Å². The van der Waals surface area contributed by atoms with E-state index in [2.05, 4.69) is 0 Å². The van der Waals surface area contributed by atoms with Gasteiger partial charge in [-0.15, -0.1) is 0 Å². The molecule has 0 radical (unpaired) electrons. The number of nitrogens with zero attached hydrogens (tertiary/aromatic N) is 1. The van der Waals surface area contributed by atoms with Gasteiger partial charge in [-0.3, -0.25) is 9.59 Å². The summed E-state index contributed by atoms with van der Waals surface area (Å²) in [6.45, 7) is 2.92. The van der Waals surface area contributed by atoms with Gasteiger partial charge < -0.3 is 15.1 Å². The van der Waals surface area contributed by atoms with Crippen molar-refractivity contribution in [2.75, 3.05) is 19.7 Å². The third-order valence-electron chi connectivity index (χ3n) is 3.31. The number of aliphatic hydroxyl groups excluding tert-OH is 1. The Balaban J connectivity index is 2.54. The quantitative estimate of drug-likeness (QED) is 0.720. The number of carboxylic acid groups (broad SMARTS) is 1. The summed E-state index contributed by atoms with van der Waals surface area (Å²) < 4.78 is 0. The highest BCUT2D eigenvalue weighted by atomic mass is 16.4. The Morgan fingerprint density at radius 3 is 2.35 bits per heavy atom. The van der Waals surface area contributed by atoms with Gasteiger partial charge in [-0.05, 0) is 25.7 Å². The van der Waals surface area contributed by atoms with Crippen LogP contribution in [-0.4, -0.2) is 46.7 Å². The molecule has 0 aromatic carbocycles. The van der Waals surface area contributed by atoms with Crippen molar-refractivity contribution in [1.82, 2.24) is 4.90 Å². The molecule has 5 heteroatoms. The van der Waals surface area contributed by atoms with Gasteiger partial charge in [0.2, 0.25) is 5.91 Å². The van der Waals surface area contributed by atoms with E-state index in [1.54, 1.807) is 4.90 Å². The number of carboxylic acids is 1. The van der Waals surface area contributed by atoms with Crippen molar-refractivity contribution in [3.63, 3.8) is 0 Å². The zero-order chi connectivity index (χ0) is 12.8. The van der Waals surface area contributed by atoms with Gasteiger partial charge in [0.15, 0.2) is 0 Å². The molecule has 1 aliphatic carbocycles. The van der Waals surface area contributed by atoms with Crippen molar-refractivity contribution in [2.45, 2.75) is 32.6 Å². The minimum atomic E-state index is -0.801. The number of rotatable bonds is 6. The molecular formula is C12H21NO4. The minimum Gasteiger partial charge on any atom is -0.481 e. The molecule has 2 atom stereocenters. The highest BCUT2D eigenvalue weighted by molar-refractivity contribution is 5.81. The van der Waals surface area contributed by atoms with E-state index in [0.717, 1.165) is 6.42 Å². The maximum atomic E-state index is 12.1. The molecule has 0 heterocycles. The molecular weight excluding hydrogens is 222 g/mol. The third-order valence-corrected chi connectivity index (χ3v) is 3.31. The normalized spacial score (nSPS) is 23.6. The monoisotopic (exact) mass is 243 g/mol. The first-order valence-corrected chi connectivity index (χ1v) is 6.22. The van der Waals surface area contributed by atoms with Gasteiger partial charge in [0, 0.05) is 19.0 Å². The van der Waals surface area contributed by atoms with Gasteiger partial charge in [-0.1, -0.05) is 6.92 Å². The molecule has 0 aliphatic heterocycles. The van der Waals surface area contributed by atoms with Gasteiger partial charge in [0.25, 0.3) is 0 Å². The summed E-state index contributed by atoms with van der Waals surface area (Å²) in [5.41, 5.74) is 0. The van der Waals surface area contributed by atoms with Crippen molar-refractivity contribution in [3.05, 3.63) is 0 Å². The first kappa shape index (κ1) is 14.0. The predicted octanol–water partition coefficient (Wildman–Crippen LogP) is 0.718. The summed E-state index contributed by atoms with van der Waals surface area (Å²) >= 11 is 0. The largest absolute Gasteiger partial charge is 0.481 e. The van der Waals surface area contributed by atoms with Crippen LogP contribution < -0.4 is 0 Å². The molecule has 0 spiro atoms. The van der Waals surface area contributed by atoms with Crippen molar-refractivity contribution in [3.8, 4) is 0 Å². The van der Waals surface area contributed by atoms with Crippen LogP contribution in [0.3, 0.4) is 0 Å². The van der Waals surface area contributed by atoms with Crippen LogP contribution in [0.1, 0.15) is 32.6 Å². The summed E-state index contributed by atoms with van der Waals surface area (Å²) in [7, 11) is 0. The lowest BCUT2D eigenvalue weighted by molar-refractivity contribution is -0.141. The lowest BCUT2D eigenvalue weighted by atomic mass is 10.0. The minimum absolute atomic E-state index is 0.00431. The Morgan fingerprint density at radius 1 is 1.24 bits per heavy atom. The smallest absolute Gasteiger partial charge is 0.306 e. The SMILES string of the molecule is CCCN(CCO)C(=O)[C@@H]1CC[C@H](C(=O)O)C1. The van der Waals surface area contributed by atoms with Crippen LogP contribution in [0, 0.1) is 11.8 Å². The standard InChI is InChI=1S/C12H21NO4/c1-2-5-13(6-7-14)11(15)9-3-4-10(8-9)12(16)17/h9-10,14H,2-8H2,1H3,(H,16,17)/t9-,10+/m1/s1. The van der Waals surface area contributed by atoms with E-state index >= 15 is 0 Å². The van der Waals surface area contributed by atoms with Crippen LogP contribution in [0.5, 0.6) is 0 Å². The van der Waals surface area contributed by atoms with Gasteiger partial charge >= 0.3 is 5.97 Å². The molecule has 0 unspecified atom stereocenters. The maximum absolute atomic E-state index is 12.1. The van der Waals surface area contributed by atoms with Gasteiger partial charge in [-0.25, -0.2) is 0 Å². The Bertz CT molecular complexity index is 274. The van der Waals surface area contributed by atoms with Crippen LogP contribution >= 0.6 is 0 Å². The van der Waals surface area contributed by atoms with Crippen molar-refractivity contribution >= 4 is 11.9 Å². The second kappa shape index (κ2) is 6.59. The van der Waals surface area contributed by atoms with Crippen LogP contribution in [-0.2, 0) is 9.59 Å². The molecule has 17 heavy (non-hydrogen) atoms. The Hall–Kier alpha value is -1.10. The van der Waals surface area contributed by atoms with Crippen LogP contribution in [0.15, 0.2) is 0 Å². The third kappa shape index (κ3) is 3.70.